The van der Waals surface area contributed by atoms with Gasteiger partial charge in [0, 0.05) is 22.6 Å². The highest BCUT2D eigenvalue weighted by atomic mass is 32.3. The molecule has 0 spiro atoms. The van der Waals surface area contributed by atoms with Crippen LogP contribution in [0.5, 0.6) is 0 Å². The number of benzene rings is 1. The summed E-state index contributed by atoms with van der Waals surface area (Å²) >= 11 is 0. The summed E-state index contributed by atoms with van der Waals surface area (Å²) in [6.45, 7) is 2.12. The molecule has 1 aromatic carbocycles. The molecular formula is C14H23N3O6S2. The SMILES string of the molecule is CNS(=O)(=O)Cc1ccc2[nH]c(C(C)N(C)C)cc2c1.O=S(=O)(O)O. The van der Waals surface area contributed by atoms with Gasteiger partial charge in [-0.1, -0.05) is 6.07 Å². The van der Waals surface area contributed by atoms with Gasteiger partial charge < -0.3 is 9.88 Å². The van der Waals surface area contributed by atoms with E-state index in [0.29, 0.717) is 0 Å². The van der Waals surface area contributed by atoms with Crippen LogP contribution < -0.4 is 4.72 Å². The number of nitrogens with zero attached hydrogens (tertiary/aromatic N) is 1. The molecule has 25 heavy (non-hydrogen) atoms. The molecule has 0 bridgehead atoms. The highest BCUT2D eigenvalue weighted by Crippen LogP contribution is 2.24. The Kier molecular flexibility index (Phi) is 7.11. The van der Waals surface area contributed by atoms with E-state index in [-0.39, 0.29) is 11.8 Å². The summed E-state index contributed by atoms with van der Waals surface area (Å²) in [5, 5.41) is 1.04. The van der Waals surface area contributed by atoms with E-state index in [4.69, 9.17) is 17.5 Å². The lowest BCUT2D eigenvalue weighted by Crippen LogP contribution is -2.20. The zero-order valence-corrected chi connectivity index (χ0v) is 16.0. The van der Waals surface area contributed by atoms with Gasteiger partial charge in [-0.05, 0) is 51.8 Å². The van der Waals surface area contributed by atoms with E-state index in [1.165, 1.54) is 7.05 Å². The topological polar surface area (TPSA) is 140 Å². The Morgan fingerprint density at radius 1 is 1.16 bits per heavy atom. The van der Waals surface area contributed by atoms with Crippen molar-refractivity contribution in [2.75, 3.05) is 21.1 Å². The molecule has 1 aromatic heterocycles. The number of H-pyrrole nitrogens is 1. The number of nitrogens with one attached hydrogen (secondary N) is 2. The van der Waals surface area contributed by atoms with E-state index in [0.717, 1.165) is 22.2 Å². The van der Waals surface area contributed by atoms with Crippen LogP contribution in [-0.4, -0.2) is 57.0 Å². The summed E-state index contributed by atoms with van der Waals surface area (Å²) in [6.07, 6.45) is 0. The molecule has 0 aliphatic rings. The van der Waals surface area contributed by atoms with Crippen LogP contribution in [-0.2, 0) is 26.2 Å². The monoisotopic (exact) mass is 393 g/mol. The van der Waals surface area contributed by atoms with Crippen LogP contribution in [0.3, 0.4) is 0 Å². The van der Waals surface area contributed by atoms with Crippen molar-refractivity contribution in [3.8, 4) is 0 Å². The molecule has 1 heterocycles. The second-order valence-corrected chi connectivity index (χ2v) is 8.52. The Morgan fingerprint density at radius 3 is 2.20 bits per heavy atom. The normalized spacial score (nSPS) is 13.6. The summed E-state index contributed by atoms with van der Waals surface area (Å²) < 4.78 is 57.1. The maximum absolute atomic E-state index is 11.6. The fraction of sp³-hybridized carbons (Fsp3) is 0.429. The van der Waals surface area contributed by atoms with Crippen molar-refractivity contribution < 1.29 is 25.9 Å². The summed E-state index contributed by atoms with van der Waals surface area (Å²) in [4.78, 5) is 5.50. The zero-order valence-electron chi connectivity index (χ0n) is 14.4. The van der Waals surface area contributed by atoms with Gasteiger partial charge in [0.15, 0.2) is 0 Å². The minimum absolute atomic E-state index is 0.00316. The molecule has 1 atom stereocenters. The molecule has 0 aliphatic carbocycles. The quantitative estimate of drug-likeness (QED) is 0.559. The van der Waals surface area contributed by atoms with E-state index in [9.17, 15) is 8.42 Å². The molecular weight excluding hydrogens is 370 g/mol. The lowest BCUT2D eigenvalue weighted by molar-refractivity contribution is 0.316. The summed E-state index contributed by atoms with van der Waals surface area (Å²) in [5.41, 5.74) is 2.94. The summed E-state index contributed by atoms with van der Waals surface area (Å²) in [7, 11) is -2.41. The maximum atomic E-state index is 11.6. The first-order chi connectivity index (χ1) is 11.3. The predicted octanol–water partition coefficient (Wildman–Crippen LogP) is 1.19. The number of rotatable bonds is 5. The fourth-order valence-corrected chi connectivity index (χ4v) is 2.85. The van der Waals surface area contributed by atoms with Crippen molar-refractivity contribution in [3.05, 3.63) is 35.5 Å². The smallest absolute Gasteiger partial charge is 0.357 e. The van der Waals surface area contributed by atoms with E-state index in [1.54, 1.807) is 0 Å². The summed E-state index contributed by atoms with van der Waals surface area (Å²) in [5.74, 6) is 0.00316. The minimum atomic E-state index is -4.67. The number of hydrogen-bond acceptors (Lipinski definition) is 5. The fourth-order valence-electron chi connectivity index (χ4n) is 2.09. The molecule has 2 rings (SSSR count). The zero-order chi connectivity index (χ0) is 19.4. The van der Waals surface area contributed by atoms with Crippen LogP contribution >= 0.6 is 0 Å². The molecule has 4 N–H and O–H groups in total. The van der Waals surface area contributed by atoms with E-state index in [2.05, 4.69) is 27.6 Å². The first-order valence-electron chi connectivity index (χ1n) is 7.21. The molecule has 0 fully saturated rings. The van der Waals surface area contributed by atoms with Crippen molar-refractivity contribution in [2.24, 2.45) is 0 Å². The van der Waals surface area contributed by atoms with Crippen molar-refractivity contribution >= 4 is 31.3 Å². The van der Waals surface area contributed by atoms with E-state index >= 15 is 0 Å². The maximum Gasteiger partial charge on any atom is 0.394 e. The second kappa shape index (κ2) is 8.25. The Hall–Kier alpha value is -1.50. The van der Waals surface area contributed by atoms with Gasteiger partial charge in [-0.25, -0.2) is 13.1 Å². The van der Waals surface area contributed by atoms with E-state index in [1.807, 2.05) is 32.3 Å². The lowest BCUT2D eigenvalue weighted by Gasteiger charge is -2.17. The number of aromatic nitrogens is 1. The number of aromatic amines is 1. The number of fused-ring (bicyclic) bond motifs is 1. The van der Waals surface area contributed by atoms with Gasteiger partial charge in [0.1, 0.15) is 0 Å². The van der Waals surface area contributed by atoms with Crippen LogP contribution in [0, 0.1) is 0 Å². The van der Waals surface area contributed by atoms with Gasteiger partial charge in [-0.3, -0.25) is 9.11 Å². The van der Waals surface area contributed by atoms with Crippen LogP contribution in [0.25, 0.3) is 10.9 Å². The average molecular weight is 393 g/mol. The van der Waals surface area contributed by atoms with Gasteiger partial charge >= 0.3 is 10.4 Å². The molecule has 11 heteroatoms. The molecule has 2 aromatic rings. The molecule has 0 saturated heterocycles. The van der Waals surface area contributed by atoms with Gasteiger partial charge in [0.05, 0.1) is 5.75 Å². The van der Waals surface area contributed by atoms with Crippen molar-refractivity contribution in [3.63, 3.8) is 0 Å². The van der Waals surface area contributed by atoms with Crippen LogP contribution in [0.15, 0.2) is 24.3 Å². The van der Waals surface area contributed by atoms with E-state index < -0.39 is 20.4 Å². The lowest BCUT2D eigenvalue weighted by atomic mass is 10.1. The third-order valence-corrected chi connectivity index (χ3v) is 4.93. The second-order valence-electron chi connectivity index (χ2n) is 5.70. The average Bonchev–Trinajstić information content (AvgIpc) is 2.87. The Bertz CT molecular complexity index is 911. The Morgan fingerprint density at radius 2 is 1.72 bits per heavy atom. The largest absolute Gasteiger partial charge is 0.394 e. The number of sulfonamides is 1. The van der Waals surface area contributed by atoms with Crippen molar-refractivity contribution in [2.45, 2.75) is 18.7 Å². The third kappa shape index (κ3) is 7.50. The molecule has 9 nitrogen and oxygen atoms in total. The molecule has 142 valence electrons. The van der Waals surface area contributed by atoms with Gasteiger partial charge in [-0.15, -0.1) is 0 Å². The highest BCUT2D eigenvalue weighted by Gasteiger charge is 2.13. The van der Waals surface area contributed by atoms with Crippen LogP contribution in [0.2, 0.25) is 0 Å². The van der Waals surface area contributed by atoms with Crippen molar-refractivity contribution in [1.82, 2.24) is 14.6 Å². The molecule has 0 aliphatic heterocycles. The molecule has 0 saturated carbocycles. The number of hydrogen-bond donors (Lipinski definition) is 4. The molecule has 0 amide bonds. The molecule has 0 radical (unpaired) electrons. The van der Waals surface area contributed by atoms with Gasteiger partial charge in [0.25, 0.3) is 0 Å². The first-order valence-corrected chi connectivity index (χ1v) is 10.3. The predicted molar refractivity (Wildman–Crippen MR) is 96.3 cm³/mol. The Labute approximate surface area is 147 Å². The van der Waals surface area contributed by atoms with Crippen molar-refractivity contribution in [1.29, 1.82) is 0 Å². The van der Waals surface area contributed by atoms with Crippen LogP contribution in [0.4, 0.5) is 0 Å². The minimum Gasteiger partial charge on any atom is -0.357 e. The van der Waals surface area contributed by atoms with Gasteiger partial charge in [0.2, 0.25) is 10.0 Å². The van der Waals surface area contributed by atoms with Gasteiger partial charge in [-0.2, -0.15) is 8.42 Å². The molecule has 1 unspecified atom stereocenters. The standard InChI is InChI=1S/C14H21N3O2S.H2O4S/c1-10(17(3)4)14-8-12-7-11(5-6-13(12)16-14)9-20(18,19)15-2;1-5(2,3)4/h5-8,10,15-16H,9H2,1-4H3;(H2,1,2,3,4). The third-order valence-electron chi connectivity index (χ3n) is 3.60. The highest BCUT2D eigenvalue weighted by molar-refractivity contribution is 7.88. The first kappa shape index (κ1) is 21.5. The Balaban J connectivity index is 0.000000550. The summed E-state index contributed by atoms with van der Waals surface area (Å²) in [6, 6.07) is 8.06. The van der Waals surface area contributed by atoms with Crippen LogP contribution in [0.1, 0.15) is 24.2 Å².